The summed E-state index contributed by atoms with van der Waals surface area (Å²) in [6, 6.07) is 6.35. The average molecular weight is 431 g/mol. The van der Waals surface area contributed by atoms with Gasteiger partial charge in [-0.25, -0.2) is 9.18 Å². The third-order valence-corrected chi connectivity index (χ3v) is 6.41. The molecule has 28 heavy (non-hydrogen) atoms. The number of aromatic amines is 1. The molecule has 0 radical (unpaired) electrons. The van der Waals surface area contributed by atoms with Crippen LogP contribution in [0, 0.1) is 5.82 Å². The van der Waals surface area contributed by atoms with Crippen LogP contribution in [-0.2, 0) is 12.7 Å². The summed E-state index contributed by atoms with van der Waals surface area (Å²) in [7, 11) is 0. The first-order valence-electron chi connectivity index (χ1n) is 8.11. The van der Waals surface area contributed by atoms with Crippen molar-refractivity contribution >= 4 is 34.3 Å². The number of aromatic nitrogens is 2. The fourth-order valence-electron chi connectivity index (χ4n) is 3.30. The molecule has 2 heterocycles. The summed E-state index contributed by atoms with van der Waals surface area (Å²) >= 11 is 7.10. The fraction of sp³-hybridized carbons (Fsp3) is 0.222. The van der Waals surface area contributed by atoms with Gasteiger partial charge in [0, 0.05) is 18.2 Å². The molecule has 0 saturated carbocycles. The molecule has 2 aromatic carbocycles. The molecular weight excluding hydrogens is 420 g/mol. The van der Waals surface area contributed by atoms with Gasteiger partial charge >= 0.3 is 11.9 Å². The van der Waals surface area contributed by atoms with Crippen LogP contribution in [0.25, 0.3) is 10.9 Å². The molecule has 1 atom stereocenters. The van der Waals surface area contributed by atoms with Crippen LogP contribution in [0.3, 0.4) is 0 Å². The number of nitrogens with one attached hydrogen (secondary N) is 1. The Hall–Kier alpha value is -2.26. The minimum Gasteiger partial charge on any atom is -0.291 e. The zero-order chi connectivity index (χ0) is 20.2. The monoisotopic (exact) mass is 430 g/mol. The van der Waals surface area contributed by atoms with Crippen LogP contribution in [0.5, 0.6) is 0 Å². The van der Waals surface area contributed by atoms with Gasteiger partial charge in [-0.3, -0.25) is 14.3 Å². The molecule has 0 spiro atoms. The Balaban J connectivity index is 1.98. The summed E-state index contributed by atoms with van der Waals surface area (Å²) in [5, 5.41) is -0.790. The lowest BCUT2D eigenvalue weighted by Crippen LogP contribution is -2.32. The number of H-pyrrole nitrogens is 1. The second-order valence-electron chi connectivity index (χ2n) is 6.39. The number of alkyl halides is 3. The van der Waals surface area contributed by atoms with Gasteiger partial charge in [-0.1, -0.05) is 23.7 Å². The molecule has 10 heteroatoms. The Morgan fingerprint density at radius 2 is 1.86 bits per heavy atom. The maximum Gasteiger partial charge on any atom is 0.417 e. The lowest BCUT2D eigenvalue weighted by molar-refractivity contribution is -0.137. The summed E-state index contributed by atoms with van der Waals surface area (Å²) < 4.78 is 54.6. The van der Waals surface area contributed by atoms with Gasteiger partial charge in [-0.05, 0) is 23.8 Å². The molecule has 0 aliphatic carbocycles. The molecule has 3 aromatic rings. The number of hydrogen-bond donors (Lipinski definition) is 1. The van der Waals surface area contributed by atoms with E-state index >= 15 is 0 Å². The van der Waals surface area contributed by atoms with Gasteiger partial charge in [-0.15, -0.1) is 11.8 Å². The first kappa shape index (κ1) is 19.1. The van der Waals surface area contributed by atoms with Gasteiger partial charge in [0.1, 0.15) is 5.82 Å². The number of hydrogen-bond acceptors (Lipinski definition) is 3. The topological polar surface area (TPSA) is 54.9 Å². The molecule has 1 aliphatic heterocycles. The second-order valence-corrected chi connectivity index (χ2v) is 7.80. The van der Waals surface area contributed by atoms with Crippen LogP contribution in [0.2, 0.25) is 5.02 Å². The second kappa shape index (κ2) is 6.66. The first-order valence-corrected chi connectivity index (χ1v) is 9.48. The van der Waals surface area contributed by atoms with Gasteiger partial charge in [0.15, 0.2) is 0 Å². The third kappa shape index (κ3) is 3.12. The molecule has 1 unspecified atom stereocenters. The highest BCUT2D eigenvalue weighted by Crippen LogP contribution is 2.45. The Kier molecular flexibility index (Phi) is 4.54. The predicted molar refractivity (Wildman–Crippen MR) is 98.7 cm³/mol. The first-order chi connectivity index (χ1) is 13.2. The Morgan fingerprint density at radius 3 is 2.50 bits per heavy atom. The minimum absolute atomic E-state index is 0.0410. The van der Waals surface area contributed by atoms with E-state index in [1.54, 1.807) is 12.1 Å². The molecular formula is C18H11ClF4N2O2S. The number of rotatable bonds is 1. The number of thioether (sulfide) groups is 1. The summed E-state index contributed by atoms with van der Waals surface area (Å²) in [6.07, 6.45) is -4.75. The van der Waals surface area contributed by atoms with Crippen molar-refractivity contribution in [2.75, 3.05) is 5.75 Å². The number of nitrogens with zero attached hydrogens (tertiary/aromatic N) is 1. The maximum absolute atomic E-state index is 13.4. The molecule has 4 nitrogen and oxygen atoms in total. The normalized spacial score (nSPS) is 17.0. The number of benzene rings is 2. The van der Waals surface area contributed by atoms with Gasteiger partial charge in [0.25, 0.3) is 5.56 Å². The zero-order valence-corrected chi connectivity index (χ0v) is 15.5. The molecule has 0 bridgehead atoms. The molecule has 1 aliphatic rings. The van der Waals surface area contributed by atoms with Crippen molar-refractivity contribution in [1.29, 1.82) is 0 Å². The predicted octanol–water partition coefficient (Wildman–Crippen LogP) is 4.39. The SMILES string of the molecule is O=c1[nH]c(=O)n2c3c(c(Cl)c(C(F)(F)F)cc13)SCC(c1ccc(F)cc1)C2. The Bertz CT molecular complexity index is 1200. The molecule has 0 saturated heterocycles. The van der Waals surface area contributed by atoms with E-state index in [2.05, 4.69) is 4.98 Å². The molecule has 4 rings (SSSR count). The maximum atomic E-state index is 13.4. The van der Waals surface area contributed by atoms with Crippen LogP contribution in [-0.4, -0.2) is 15.3 Å². The smallest absolute Gasteiger partial charge is 0.291 e. The van der Waals surface area contributed by atoms with Crippen molar-refractivity contribution in [3.8, 4) is 0 Å². The lowest BCUT2D eigenvalue weighted by atomic mass is 10.0. The summed E-state index contributed by atoms with van der Waals surface area (Å²) in [4.78, 5) is 26.7. The standard InChI is InChI=1S/C18H11ClF4N2O2S/c19-13-12(18(21,22)23)5-11-14-15(13)28-7-9(8-1-3-10(20)4-2-8)6-25(14)17(27)24-16(11)26/h1-5,9H,6-7H2,(H,24,26,27). The Morgan fingerprint density at radius 1 is 1.18 bits per heavy atom. The largest absolute Gasteiger partial charge is 0.417 e. The third-order valence-electron chi connectivity index (χ3n) is 4.65. The Labute approximate surface area is 164 Å². The van der Waals surface area contributed by atoms with Gasteiger partial charge in [0.05, 0.1) is 26.4 Å². The quantitative estimate of drug-likeness (QED) is 0.582. The van der Waals surface area contributed by atoms with E-state index in [0.29, 0.717) is 11.8 Å². The summed E-state index contributed by atoms with van der Waals surface area (Å²) in [5.74, 6) is -0.415. The van der Waals surface area contributed by atoms with Crippen molar-refractivity contribution in [1.82, 2.24) is 9.55 Å². The van der Waals surface area contributed by atoms with E-state index in [-0.39, 0.29) is 28.3 Å². The van der Waals surface area contributed by atoms with Gasteiger partial charge in [0.2, 0.25) is 0 Å². The lowest BCUT2D eigenvalue weighted by Gasteiger charge is -2.16. The molecule has 1 aromatic heterocycles. The van der Waals surface area contributed by atoms with E-state index in [0.717, 1.165) is 17.3 Å². The van der Waals surface area contributed by atoms with Crippen molar-refractivity contribution in [3.63, 3.8) is 0 Å². The van der Waals surface area contributed by atoms with Crippen LogP contribution >= 0.6 is 23.4 Å². The molecule has 0 amide bonds. The summed E-state index contributed by atoms with van der Waals surface area (Å²) in [6.45, 7) is 0.111. The van der Waals surface area contributed by atoms with E-state index in [4.69, 9.17) is 11.6 Å². The van der Waals surface area contributed by atoms with Crippen molar-refractivity contribution < 1.29 is 17.6 Å². The molecule has 1 N–H and O–H groups in total. The molecule has 0 fully saturated rings. The van der Waals surface area contributed by atoms with E-state index in [1.165, 1.54) is 16.7 Å². The van der Waals surface area contributed by atoms with Crippen LogP contribution in [0.1, 0.15) is 17.0 Å². The van der Waals surface area contributed by atoms with E-state index in [9.17, 15) is 27.2 Å². The van der Waals surface area contributed by atoms with Crippen molar-refractivity contribution in [3.05, 3.63) is 73.1 Å². The van der Waals surface area contributed by atoms with Crippen LogP contribution in [0.4, 0.5) is 17.6 Å². The van der Waals surface area contributed by atoms with Gasteiger partial charge < -0.3 is 0 Å². The van der Waals surface area contributed by atoms with Crippen molar-refractivity contribution in [2.24, 2.45) is 0 Å². The van der Waals surface area contributed by atoms with Gasteiger partial charge in [-0.2, -0.15) is 13.2 Å². The average Bonchev–Trinajstić information content (AvgIpc) is 2.82. The van der Waals surface area contributed by atoms with E-state index in [1.807, 2.05) is 0 Å². The highest BCUT2D eigenvalue weighted by atomic mass is 35.5. The van der Waals surface area contributed by atoms with Crippen molar-refractivity contribution in [2.45, 2.75) is 23.5 Å². The van der Waals surface area contributed by atoms with Crippen LogP contribution < -0.4 is 11.2 Å². The van der Waals surface area contributed by atoms with E-state index < -0.39 is 33.8 Å². The fourth-order valence-corrected chi connectivity index (χ4v) is 4.98. The molecule has 146 valence electrons. The van der Waals surface area contributed by atoms with Crippen LogP contribution in [0.15, 0.2) is 44.8 Å². The number of halogens is 5. The highest BCUT2D eigenvalue weighted by molar-refractivity contribution is 7.99. The minimum atomic E-state index is -4.75. The highest BCUT2D eigenvalue weighted by Gasteiger charge is 2.37. The summed E-state index contributed by atoms with van der Waals surface area (Å²) in [5.41, 5.74) is -1.95. The zero-order valence-electron chi connectivity index (χ0n) is 13.9.